The summed E-state index contributed by atoms with van der Waals surface area (Å²) in [5, 5.41) is 20.8. The van der Waals surface area contributed by atoms with Crippen LogP contribution in [0.15, 0.2) is 24.5 Å². The molecular weight excluding hydrogens is 330 g/mol. The Morgan fingerprint density at radius 2 is 2.00 bits per heavy atom. The minimum atomic E-state index is 0.526. The molecule has 8 heteroatoms. The highest BCUT2D eigenvalue weighted by atomic mass is 16.5. The first-order valence-corrected chi connectivity index (χ1v) is 9.11. The fraction of sp³-hybridized carbons (Fsp3) is 0.500. The minimum Gasteiger partial charge on any atom is -0.476 e. The van der Waals surface area contributed by atoms with Gasteiger partial charge in [-0.25, -0.2) is 0 Å². The third-order valence-electron chi connectivity index (χ3n) is 4.99. The van der Waals surface area contributed by atoms with Crippen molar-refractivity contribution in [3.8, 4) is 5.88 Å². The fourth-order valence-corrected chi connectivity index (χ4v) is 3.32. The molecule has 3 aromatic heterocycles. The van der Waals surface area contributed by atoms with Gasteiger partial charge < -0.3 is 9.64 Å². The third-order valence-corrected chi connectivity index (χ3v) is 4.99. The predicted molar refractivity (Wildman–Crippen MR) is 97.4 cm³/mol. The lowest BCUT2D eigenvalue weighted by atomic mass is 9.98. The quantitative estimate of drug-likeness (QED) is 0.694. The average Bonchev–Trinajstić information content (AvgIpc) is 3.15. The fourth-order valence-electron chi connectivity index (χ4n) is 3.32. The zero-order valence-corrected chi connectivity index (χ0v) is 15.2. The van der Waals surface area contributed by atoms with Gasteiger partial charge in [0.2, 0.25) is 5.88 Å². The van der Waals surface area contributed by atoms with Gasteiger partial charge in [0.1, 0.15) is 12.1 Å². The maximum Gasteiger partial charge on any atom is 0.233 e. The van der Waals surface area contributed by atoms with Gasteiger partial charge in [0.15, 0.2) is 5.65 Å². The Kier molecular flexibility index (Phi) is 4.64. The van der Waals surface area contributed by atoms with E-state index in [0.29, 0.717) is 18.4 Å². The van der Waals surface area contributed by atoms with Crippen LogP contribution in [0.2, 0.25) is 0 Å². The lowest BCUT2D eigenvalue weighted by Gasteiger charge is -2.32. The topological polar surface area (TPSA) is 81.3 Å². The highest BCUT2D eigenvalue weighted by Crippen LogP contribution is 2.23. The molecule has 26 heavy (non-hydrogen) atoms. The van der Waals surface area contributed by atoms with E-state index in [1.165, 1.54) is 5.56 Å². The van der Waals surface area contributed by atoms with E-state index in [1.54, 1.807) is 10.8 Å². The number of nitrogens with zero attached hydrogens (tertiary/aromatic N) is 7. The SMILES string of the molecule is CCc1cc(OCC2CCN(c3ccc4nncn4n3)CC2)nnc1C. The molecule has 0 radical (unpaired) electrons. The molecule has 4 heterocycles. The summed E-state index contributed by atoms with van der Waals surface area (Å²) in [6.45, 7) is 6.72. The Bertz CT molecular complexity index is 886. The molecular formula is C18H23N7O. The van der Waals surface area contributed by atoms with E-state index in [9.17, 15) is 0 Å². The molecule has 3 aromatic rings. The number of rotatable bonds is 5. The summed E-state index contributed by atoms with van der Waals surface area (Å²) in [5.41, 5.74) is 2.94. The van der Waals surface area contributed by atoms with Crippen LogP contribution in [0.4, 0.5) is 5.82 Å². The molecule has 8 nitrogen and oxygen atoms in total. The van der Waals surface area contributed by atoms with E-state index in [0.717, 1.165) is 49.5 Å². The Hall–Kier alpha value is -2.77. The van der Waals surface area contributed by atoms with Gasteiger partial charge in [0, 0.05) is 19.2 Å². The van der Waals surface area contributed by atoms with Gasteiger partial charge in [0.05, 0.1) is 12.3 Å². The van der Waals surface area contributed by atoms with Crippen molar-refractivity contribution in [1.82, 2.24) is 30.0 Å². The molecule has 0 saturated carbocycles. The van der Waals surface area contributed by atoms with Crippen molar-refractivity contribution in [2.24, 2.45) is 5.92 Å². The monoisotopic (exact) mass is 353 g/mol. The smallest absolute Gasteiger partial charge is 0.233 e. The molecule has 4 rings (SSSR count). The summed E-state index contributed by atoms with van der Waals surface area (Å²) < 4.78 is 7.62. The largest absolute Gasteiger partial charge is 0.476 e. The van der Waals surface area contributed by atoms with Crippen molar-refractivity contribution >= 4 is 11.5 Å². The number of aryl methyl sites for hydroxylation is 2. The summed E-state index contributed by atoms with van der Waals surface area (Å²) in [4.78, 5) is 2.30. The second kappa shape index (κ2) is 7.23. The molecule has 1 fully saturated rings. The molecule has 1 saturated heterocycles. The molecule has 1 aliphatic rings. The number of hydrogen-bond acceptors (Lipinski definition) is 7. The van der Waals surface area contributed by atoms with Crippen LogP contribution in [-0.4, -0.2) is 49.7 Å². The molecule has 0 bridgehead atoms. The standard InChI is InChI=1S/C18H23N7O/c1-3-15-10-18(22-20-13(15)2)26-11-14-6-8-24(9-7-14)17-5-4-16-21-19-12-25(16)23-17/h4-5,10,12,14H,3,6-9,11H2,1-2H3. The van der Waals surface area contributed by atoms with E-state index in [1.807, 2.05) is 25.1 Å². The Balaban J connectivity index is 1.32. The van der Waals surface area contributed by atoms with Crippen molar-refractivity contribution in [3.05, 3.63) is 35.8 Å². The van der Waals surface area contributed by atoms with Gasteiger partial charge in [-0.2, -0.15) is 9.61 Å². The molecule has 0 amide bonds. The Morgan fingerprint density at radius 3 is 2.81 bits per heavy atom. The molecule has 0 atom stereocenters. The van der Waals surface area contributed by atoms with Crippen LogP contribution >= 0.6 is 0 Å². The third kappa shape index (κ3) is 3.44. The number of anilines is 1. The van der Waals surface area contributed by atoms with Crippen LogP contribution in [0.25, 0.3) is 5.65 Å². The first kappa shape index (κ1) is 16.7. The van der Waals surface area contributed by atoms with Gasteiger partial charge in [-0.15, -0.1) is 20.4 Å². The number of ether oxygens (including phenoxy) is 1. The molecule has 0 aromatic carbocycles. The van der Waals surface area contributed by atoms with E-state index in [2.05, 4.69) is 37.3 Å². The number of aromatic nitrogens is 6. The molecule has 0 unspecified atom stereocenters. The summed E-state index contributed by atoms with van der Waals surface area (Å²) in [7, 11) is 0. The number of fused-ring (bicyclic) bond motifs is 1. The number of piperidine rings is 1. The summed E-state index contributed by atoms with van der Waals surface area (Å²) >= 11 is 0. The lowest BCUT2D eigenvalue weighted by Crippen LogP contribution is -2.36. The maximum absolute atomic E-state index is 5.90. The van der Waals surface area contributed by atoms with Crippen LogP contribution in [0, 0.1) is 12.8 Å². The Labute approximate surface area is 152 Å². The van der Waals surface area contributed by atoms with Crippen LogP contribution < -0.4 is 9.64 Å². The number of hydrogen-bond donors (Lipinski definition) is 0. The molecule has 0 spiro atoms. The molecule has 0 N–H and O–H groups in total. The maximum atomic E-state index is 5.90. The zero-order chi connectivity index (χ0) is 17.9. The van der Waals surface area contributed by atoms with E-state index < -0.39 is 0 Å². The normalized spacial score (nSPS) is 15.5. The first-order valence-electron chi connectivity index (χ1n) is 9.11. The Morgan fingerprint density at radius 1 is 1.15 bits per heavy atom. The van der Waals surface area contributed by atoms with Crippen molar-refractivity contribution in [3.63, 3.8) is 0 Å². The predicted octanol–water partition coefficient (Wildman–Crippen LogP) is 2.08. The first-order chi connectivity index (χ1) is 12.7. The van der Waals surface area contributed by atoms with E-state index in [4.69, 9.17) is 4.74 Å². The zero-order valence-electron chi connectivity index (χ0n) is 15.2. The van der Waals surface area contributed by atoms with Gasteiger partial charge >= 0.3 is 0 Å². The summed E-state index contributed by atoms with van der Waals surface area (Å²) in [6.07, 6.45) is 4.72. The van der Waals surface area contributed by atoms with Crippen molar-refractivity contribution in [1.29, 1.82) is 0 Å². The van der Waals surface area contributed by atoms with Crippen molar-refractivity contribution in [2.45, 2.75) is 33.1 Å². The van der Waals surface area contributed by atoms with Crippen molar-refractivity contribution < 1.29 is 4.74 Å². The van der Waals surface area contributed by atoms with Crippen molar-refractivity contribution in [2.75, 3.05) is 24.6 Å². The van der Waals surface area contributed by atoms with Gasteiger partial charge in [-0.3, -0.25) is 0 Å². The van der Waals surface area contributed by atoms with Crippen LogP contribution in [0.1, 0.15) is 31.0 Å². The molecule has 136 valence electrons. The molecule has 0 aliphatic carbocycles. The van der Waals surface area contributed by atoms with Gasteiger partial charge in [0.25, 0.3) is 0 Å². The second-order valence-electron chi connectivity index (χ2n) is 6.71. The highest BCUT2D eigenvalue weighted by molar-refractivity contribution is 5.45. The van der Waals surface area contributed by atoms with E-state index >= 15 is 0 Å². The molecule has 1 aliphatic heterocycles. The van der Waals surface area contributed by atoms with Crippen LogP contribution in [-0.2, 0) is 6.42 Å². The summed E-state index contributed by atoms with van der Waals surface area (Å²) in [6, 6.07) is 5.97. The van der Waals surface area contributed by atoms with E-state index in [-0.39, 0.29) is 0 Å². The minimum absolute atomic E-state index is 0.526. The lowest BCUT2D eigenvalue weighted by molar-refractivity contribution is 0.213. The van der Waals surface area contributed by atoms with Gasteiger partial charge in [-0.1, -0.05) is 6.92 Å². The van der Waals surface area contributed by atoms with Crippen LogP contribution in [0.3, 0.4) is 0 Å². The highest BCUT2D eigenvalue weighted by Gasteiger charge is 2.21. The average molecular weight is 353 g/mol. The van der Waals surface area contributed by atoms with Crippen LogP contribution in [0.5, 0.6) is 5.88 Å². The summed E-state index contributed by atoms with van der Waals surface area (Å²) in [5.74, 6) is 2.13. The van der Waals surface area contributed by atoms with Gasteiger partial charge in [-0.05, 0) is 49.8 Å². The second-order valence-corrected chi connectivity index (χ2v) is 6.71.